The van der Waals surface area contributed by atoms with Crippen LogP contribution in [0.5, 0.6) is 0 Å². The molecule has 1 aromatic carbocycles. The van der Waals surface area contributed by atoms with Crippen LogP contribution >= 0.6 is 0 Å². The number of nitro benzene ring substituents is 1. The number of benzene rings is 1. The monoisotopic (exact) mass is 251 g/mol. The number of para-hydroxylation sites is 1. The summed E-state index contributed by atoms with van der Waals surface area (Å²) in [5.41, 5.74) is 0.0127. The minimum Gasteiger partial charge on any atom is -0.469 e. The third-order valence-electron chi connectivity index (χ3n) is 2.49. The molecule has 0 amide bonds. The topological polar surface area (TPSA) is 86.5 Å². The highest BCUT2D eigenvalue weighted by Crippen LogP contribution is 2.29. The van der Waals surface area contributed by atoms with Crippen molar-refractivity contribution in [2.24, 2.45) is 0 Å². The fraction of sp³-hybridized carbons (Fsp3) is 0.333. The van der Waals surface area contributed by atoms with Gasteiger partial charge in [-0.25, -0.2) is 0 Å². The van der Waals surface area contributed by atoms with Crippen LogP contribution in [0.25, 0.3) is 0 Å². The van der Waals surface area contributed by atoms with E-state index in [-0.39, 0.29) is 23.5 Å². The van der Waals surface area contributed by atoms with E-state index in [0.29, 0.717) is 0 Å². The van der Waals surface area contributed by atoms with Crippen LogP contribution in [0.1, 0.15) is 24.8 Å². The van der Waals surface area contributed by atoms with Gasteiger partial charge in [0.2, 0.25) is 0 Å². The summed E-state index contributed by atoms with van der Waals surface area (Å²) in [6.07, 6.45) is -0.114. The van der Waals surface area contributed by atoms with Crippen molar-refractivity contribution in [1.82, 2.24) is 0 Å². The zero-order valence-electron chi connectivity index (χ0n) is 10.1. The Hall–Kier alpha value is -2.24. The zero-order valence-corrected chi connectivity index (χ0v) is 10.1. The molecule has 0 aliphatic carbocycles. The Kier molecular flexibility index (Phi) is 4.53. The Morgan fingerprint density at radius 1 is 1.39 bits per heavy atom. The standard InChI is InChI=1S/C12H13NO5/c1-8(14)7-10(12(15)18-2)9-5-3-4-6-11(9)13(16)17/h3-6,10H,7H2,1-2H3/t10-/m0/s1. The minimum absolute atomic E-state index is 0.114. The summed E-state index contributed by atoms with van der Waals surface area (Å²) < 4.78 is 4.59. The number of hydrogen-bond donors (Lipinski definition) is 0. The number of ether oxygens (including phenoxy) is 1. The van der Waals surface area contributed by atoms with Crippen LogP contribution < -0.4 is 0 Å². The van der Waals surface area contributed by atoms with E-state index in [9.17, 15) is 19.7 Å². The predicted octanol–water partition coefficient (Wildman–Crippen LogP) is 1.83. The molecule has 0 N–H and O–H groups in total. The van der Waals surface area contributed by atoms with Crippen LogP contribution in [0, 0.1) is 10.1 Å². The van der Waals surface area contributed by atoms with Crippen LogP contribution in [0.15, 0.2) is 24.3 Å². The van der Waals surface area contributed by atoms with E-state index in [2.05, 4.69) is 4.74 Å². The van der Waals surface area contributed by atoms with Crippen LogP contribution in [0.2, 0.25) is 0 Å². The smallest absolute Gasteiger partial charge is 0.313 e. The first-order valence-corrected chi connectivity index (χ1v) is 5.28. The number of ketones is 1. The third-order valence-corrected chi connectivity index (χ3v) is 2.49. The van der Waals surface area contributed by atoms with Gasteiger partial charge in [0.25, 0.3) is 5.69 Å². The molecular weight excluding hydrogens is 238 g/mol. The lowest BCUT2D eigenvalue weighted by atomic mass is 9.93. The number of methoxy groups -OCH3 is 1. The second kappa shape index (κ2) is 5.90. The van der Waals surface area contributed by atoms with Gasteiger partial charge in [-0.3, -0.25) is 19.7 Å². The molecule has 6 nitrogen and oxygen atoms in total. The van der Waals surface area contributed by atoms with E-state index in [1.165, 1.54) is 32.2 Å². The first kappa shape index (κ1) is 13.8. The predicted molar refractivity (Wildman–Crippen MR) is 63.2 cm³/mol. The normalized spacial score (nSPS) is 11.7. The molecular formula is C12H13NO5. The number of nitrogens with zero attached hydrogens (tertiary/aromatic N) is 1. The first-order chi connectivity index (χ1) is 8.47. The number of rotatable bonds is 5. The van der Waals surface area contributed by atoms with Gasteiger partial charge in [-0.1, -0.05) is 18.2 Å². The third kappa shape index (κ3) is 3.13. The van der Waals surface area contributed by atoms with E-state index in [1.54, 1.807) is 6.07 Å². The van der Waals surface area contributed by atoms with E-state index in [4.69, 9.17) is 0 Å². The average Bonchev–Trinajstić information content (AvgIpc) is 2.34. The number of carbonyl (C=O) groups excluding carboxylic acids is 2. The summed E-state index contributed by atoms with van der Waals surface area (Å²) in [5.74, 6) is -1.82. The summed E-state index contributed by atoms with van der Waals surface area (Å²) >= 11 is 0. The van der Waals surface area contributed by atoms with E-state index in [1.807, 2.05) is 0 Å². The molecule has 0 saturated heterocycles. The lowest BCUT2D eigenvalue weighted by molar-refractivity contribution is -0.385. The molecule has 0 bridgehead atoms. The molecule has 1 rings (SSSR count). The molecule has 0 aliphatic rings. The van der Waals surface area contributed by atoms with Gasteiger partial charge in [-0.05, 0) is 6.92 Å². The summed E-state index contributed by atoms with van der Waals surface area (Å²) in [5, 5.41) is 10.9. The van der Waals surface area contributed by atoms with Crippen molar-refractivity contribution in [3.63, 3.8) is 0 Å². The Bertz CT molecular complexity index is 483. The molecule has 96 valence electrons. The molecule has 0 aliphatic heterocycles. The first-order valence-electron chi connectivity index (χ1n) is 5.28. The molecule has 1 atom stereocenters. The fourth-order valence-electron chi connectivity index (χ4n) is 1.70. The number of esters is 1. The van der Waals surface area contributed by atoms with Crippen LogP contribution in [-0.4, -0.2) is 23.8 Å². The van der Waals surface area contributed by atoms with Crippen molar-refractivity contribution >= 4 is 17.4 Å². The highest BCUT2D eigenvalue weighted by atomic mass is 16.6. The molecule has 0 fully saturated rings. The van der Waals surface area contributed by atoms with Gasteiger partial charge in [0.1, 0.15) is 5.78 Å². The molecule has 0 radical (unpaired) electrons. The zero-order chi connectivity index (χ0) is 13.7. The van der Waals surface area contributed by atoms with Gasteiger partial charge >= 0.3 is 5.97 Å². The number of hydrogen-bond acceptors (Lipinski definition) is 5. The quantitative estimate of drug-likeness (QED) is 0.452. The molecule has 0 spiro atoms. The Morgan fingerprint density at radius 3 is 2.50 bits per heavy atom. The highest BCUT2D eigenvalue weighted by molar-refractivity contribution is 5.87. The van der Waals surface area contributed by atoms with Gasteiger partial charge < -0.3 is 4.74 Å². The van der Waals surface area contributed by atoms with Gasteiger partial charge in [0, 0.05) is 18.1 Å². The number of nitro groups is 1. The van der Waals surface area contributed by atoms with Crippen molar-refractivity contribution < 1.29 is 19.2 Å². The fourth-order valence-corrected chi connectivity index (χ4v) is 1.70. The summed E-state index contributed by atoms with van der Waals surface area (Å²) in [4.78, 5) is 33.1. The summed E-state index contributed by atoms with van der Waals surface area (Å²) in [6, 6.07) is 5.84. The SMILES string of the molecule is COC(=O)[C@@H](CC(C)=O)c1ccccc1[N+](=O)[O-]. The van der Waals surface area contributed by atoms with Crippen LogP contribution in [0.4, 0.5) is 5.69 Å². The molecule has 1 aromatic rings. The molecule has 18 heavy (non-hydrogen) atoms. The highest BCUT2D eigenvalue weighted by Gasteiger charge is 2.29. The molecule has 6 heteroatoms. The van der Waals surface area contributed by atoms with Crippen molar-refractivity contribution in [2.45, 2.75) is 19.3 Å². The Labute approximate surface area is 104 Å². The van der Waals surface area contributed by atoms with Gasteiger partial charge in [-0.2, -0.15) is 0 Å². The number of carbonyl (C=O) groups is 2. The van der Waals surface area contributed by atoms with Crippen molar-refractivity contribution in [3.05, 3.63) is 39.9 Å². The average molecular weight is 251 g/mol. The molecule has 0 heterocycles. The van der Waals surface area contributed by atoms with Gasteiger partial charge in [0.15, 0.2) is 0 Å². The van der Waals surface area contributed by atoms with Crippen molar-refractivity contribution in [1.29, 1.82) is 0 Å². The number of Topliss-reactive ketones (excluding diaryl/α,β-unsaturated/α-hetero) is 1. The van der Waals surface area contributed by atoms with Crippen molar-refractivity contribution in [2.75, 3.05) is 7.11 Å². The maximum absolute atomic E-state index is 11.6. The largest absolute Gasteiger partial charge is 0.469 e. The molecule has 0 aromatic heterocycles. The lowest BCUT2D eigenvalue weighted by Gasteiger charge is -2.13. The summed E-state index contributed by atoms with van der Waals surface area (Å²) in [6.45, 7) is 1.32. The second-order valence-electron chi connectivity index (χ2n) is 3.80. The maximum atomic E-state index is 11.6. The van der Waals surface area contributed by atoms with E-state index in [0.717, 1.165) is 0 Å². The van der Waals surface area contributed by atoms with Gasteiger partial charge in [0.05, 0.1) is 18.0 Å². The Balaban J connectivity index is 3.24. The Morgan fingerprint density at radius 2 is 2.00 bits per heavy atom. The van der Waals surface area contributed by atoms with Gasteiger partial charge in [-0.15, -0.1) is 0 Å². The lowest BCUT2D eigenvalue weighted by Crippen LogP contribution is -2.18. The van der Waals surface area contributed by atoms with E-state index < -0.39 is 16.8 Å². The minimum atomic E-state index is -0.936. The van der Waals surface area contributed by atoms with Crippen LogP contribution in [-0.2, 0) is 14.3 Å². The summed E-state index contributed by atoms with van der Waals surface area (Å²) in [7, 11) is 1.18. The molecule has 0 unspecified atom stereocenters. The van der Waals surface area contributed by atoms with Crippen LogP contribution in [0.3, 0.4) is 0 Å². The van der Waals surface area contributed by atoms with E-state index >= 15 is 0 Å². The van der Waals surface area contributed by atoms with Crippen molar-refractivity contribution in [3.8, 4) is 0 Å². The molecule has 0 saturated carbocycles. The maximum Gasteiger partial charge on any atom is 0.313 e. The second-order valence-corrected chi connectivity index (χ2v) is 3.80.